The predicted molar refractivity (Wildman–Crippen MR) is 43.7 cm³/mol. The lowest BCUT2D eigenvalue weighted by Crippen LogP contribution is -1.83. The van der Waals surface area contributed by atoms with Crippen molar-refractivity contribution in [3.05, 3.63) is 23.5 Å². The first-order chi connectivity index (χ1) is 5.90. The maximum Gasteiger partial charge on any atom is 0.220 e. The smallest absolute Gasteiger partial charge is 0.220 e. The average molecular weight is 164 g/mol. The normalized spacial score (nSPS) is 14.4. The lowest BCUT2D eigenvalue weighted by Gasteiger charge is -1.86. The molecular formula is C8H8N2O2. The number of aromatic nitrogens is 1. The van der Waals surface area contributed by atoms with Crippen molar-refractivity contribution < 1.29 is 9.52 Å². The largest absolute Gasteiger partial charge is 0.442 e. The van der Waals surface area contributed by atoms with Crippen LogP contribution in [0.15, 0.2) is 15.6 Å². The van der Waals surface area contributed by atoms with E-state index in [1.54, 1.807) is 18.5 Å². The van der Waals surface area contributed by atoms with Gasteiger partial charge in [0.05, 0.1) is 0 Å². The number of aliphatic imine (C=N–C) groups is 1. The van der Waals surface area contributed by atoms with Crippen molar-refractivity contribution in [1.29, 1.82) is 0 Å². The first-order valence-corrected chi connectivity index (χ1v) is 3.68. The number of aliphatic hydroxyl groups excluding tert-OH is 1. The number of nitrogens with zero attached hydrogens (tertiary/aromatic N) is 2. The Bertz CT molecular complexity index is 339. The summed E-state index contributed by atoms with van der Waals surface area (Å²) in [5.41, 5.74) is 0.761. The fraction of sp³-hybridized carbons (Fsp3) is 0.250. The molecule has 62 valence electrons. The molecule has 0 radical (unpaired) electrons. The minimum absolute atomic E-state index is 0.155. The Morgan fingerprint density at radius 3 is 3.33 bits per heavy atom. The second kappa shape index (κ2) is 2.91. The van der Waals surface area contributed by atoms with Gasteiger partial charge in [0.1, 0.15) is 18.1 Å². The van der Waals surface area contributed by atoms with Crippen LogP contribution >= 0.6 is 0 Å². The number of aliphatic hydroxyl groups is 1. The molecule has 0 atom stereocenters. The maximum atomic E-state index is 8.74. The minimum Gasteiger partial charge on any atom is -0.442 e. The average Bonchev–Trinajstić information content (AvgIpc) is 2.37. The first-order valence-electron chi connectivity index (χ1n) is 3.68. The Morgan fingerprint density at radius 1 is 1.58 bits per heavy atom. The van der Waals surface area contributed by atoms with Crippen LogP contribution in [0.3, 0.4) is 0 Å². The van der Waals surface area contributed by atoms with Crippen LogP contribution < -0.4 is 0 Å². The highest BCUT2D eigenvalue weighted by Crippen LogP contribution is 2.14. The van der Waals surface area contributed by atoms with E-state index in [0.717, 1.165) is 11.5 Å². The molecule has 4 nitrogen and oxygen atoms in total. The van der Waals surface area contributed by atoms with Gasteiger partial charge in [-0.05, 0) is 6.08 Å². The molecule has 4 heteroatoms. The molecule has 1 aromatic heterocycles. The Hall–Kier alpha value is -1.42. The third-order valence-corrected chi connectivity index (χ3v) is 1.61. The summed E-state index contributed by atoms with van der Waals surface area (Å²) < 4.78 is 5.23. The van der Waals surface area contributed by atoms with E-state index in [0.29, 0.717) is 12.3 Å². The molecule has 0 aliphatic carbocycles. The van der Waals surface area contributed by atoms with E-state index in [2.05, 4.69) is 9.98 Å². The summed E-state index contributed by atoms with van der Waals surface area (Å²) in [6.07, 6.45) is 5.81. The van der Waals surface area contributed by atoms with Crippen molar-refractivity contribution in [3.63, 3.8) is 0 Å². The van der Waals surface area contributed by atoms with Gasteiger partial charge >= 0.3 is 0 Å². The number of oxazole rings is 1. The fourth-order valence-corrected chi connectivity index (χ4v) is 1.07. The quantitative estimate of drug-likeness (QED) is 0.666. The Morgan fingerprint density at radius 2 is 2.50 bits per heavy atom. The highest BCUT2D eigenvalue weighted by atomic mass is 16.4. The summed E-state index contributed by atoms with van der Waals surface area (Å²) in [4.78, 5) is 7.99. The second-order valence-corrected chi connectivity index (χ2v) is 2.43. The lowest BCUT2D eigenvalue weighted by atomic mass is 10.3. The molecule has 0 saturated carbocycles. The van der Waals surface area contributed by atoms with Crippen molar-refractivity contribution in [2.75, 3.05) is 0 Å². The topological polar surface area (TPSA) is 58.6 Å². The fourth-order valence-electron chi connectivity index (χ4n) is 1.07. The SMILES string of the molecule is OCc1nc2c(o1)CC=NC=C2. The van der Waals surface area contributed by atoms with Gasteiger partial charge in [0.2, 0.25) is 5.89 Å². The van der Waals surface area contributed by atoms with E-state index in [9.17, 15) is 0 Å². The van der Waals surface area contributed by atoms with Gasteiger partial charge in [-0.3, -0.25) is 4.99 Å². The van der Waals surface area contributed by atoms with Gasteiger partial charge in [-0.15, -0.1) is 0 Å². The summed E-state index contributed by atoms with van der Waals surface area (Å²) in [5.74, 6) is 1.12. The second-order valence-electron chi connectivity index (χ2n) is 2.43. The molecule has 0 fully saturated rings. The van der Waals surface area contributed by atoms with Crippen LogP contribution in [0.1, 0.15) is 17.3 Å². The van der Waals surface area contributed by atoms with Gasteiger partial charge in [0, 0.05) is 18.8 Å². The van der Waals surface area contributed by atoms with Crippen molar-refractivity contribution >= 4 is 12.3 Å². The molecule has 0 aromatic carbocycles. The molecule has 0 unspecified atom stereocenters. The highest BCUT2D eigenvalue weighted by molar-refractivity contribution is 5.67. The lowest BCUT2D eigenvalue weighted by molar-refractivity contribution is 0.237. The molecule has 0 bridgehead atoms. The summed E-state index contributed by atoms with van der Waals surface area (Å²) in [5, 5.41) is 8.74. The van der Waals surface area contributed by atoms with E-state index in [4.69, 9.17) is 9.52 Å². The number of rotatable bonds is 1. The van der Waals surface area contributed by atoms with E-state index in [1.165, 1.54) is 0 Å². The molecule has 0 saturated heterocycles. The summed E-state index contributed by atoms with van der Waals surface area (Å²) in [7, 11) is 0. The molecule has 2 rings (SSSR count). The number of hydrogen-bond donors (Lipinski definition) is 1. The summed E-state index contributed by atoms with van der Waals surface area (Å²) in [6.45, 7) is -0.155. The Kier molecular flexibility index (Phi) is 1.75. The molecule has 1 aliphatic rings. The van der Waals surface area contributed by atoms with Crippen molar-refractivity contribution in [2.24, 2.45) is 4.99 Å². The van der Waals surface area contributed by atoms with Crippen LogP contribution in [-0.4, -0.2) is 16.3 Å². The van der Waals surface area contributed by atoms with Crippen LogP contribution in [0.5, 0.6) is 0 Å². The van der Waals surface area contributed by atoms with Crippen LogP contribution in [0, 0.1) is 0 Å². The van der Waals surface area contributed by atoms with Crippen molar-refractivity contribution in [2.45, 2.75) is 13.0 Å². The maximum absolute atomic E-state index is 8.74. The van der Waals surface area contributed by atoms with Crippen molar-refractivity contribution in [1.82, 2.24) is 4.98 Å². The first kappa shape index (κ1) is 7.24. The standard InChI is InChI=1S/C8H8N2O2/c11-5-8-10-6-1-3-9-4-2-7(6)12-8/h1,3-4,11H,2,5H2. The Balaban J connectivity index is 2.42. The molecule has 1 N–H and O–H groups in total. The Labute approximate surface area is 69.3 Å². The van der Waals surface area contributed by atoms with E-state index in [1.807, 2.05) is 0 Å². The molecule has 0 amide bonds. The van der Waals surface area contributed by atoms with Crippen LogP contribution in [-0.2, 0) is 13.0 Å². The zero-order valence-electron chi connectivity index (χ0n) is 6.40. The zero-order chi connectivity index (χ0) is 8.39. The van der Waals surface area contributed by atoms with E-state index < -0.39 is 0 Å². The van der Waals surface area contributed by atoms with E-state index >= 15 is 0 Å². The summed E-state index contributed by atoms with van der Waals surface area (Å²) >= 11 is 0. The van der Waals surface area contributed by atoms with Crippen LogP contribution in [0.25, 0.3) is 6.08 Å². The molecule has 1 aromatic rings. The van der Waals surface area contributed by atoms with Gasteiger partial charge in [-0.2, -0.15) is 0 Å². The minimum atomic E-state index is -0.155. The molecular weight excluding hydrogens is 156 g/mol. The zero-order valence-corrected chi connectivity index (χ0v) is 6.40. The third-order valence-electron chi connectivity index (χ3n) is 1.61. The van der Waals surface area contributed by atoms with Crippen LogP contribution in [0.4, 0.5) is 0 Å². The number of fused-ring (bicyclic) bond motifs is 1. The monoisotopic (exact) mass is 164 g/mol. The molecule has 0 spiro atoms. The van der Waals surface area contributed by atoms with Gasteiger partial charge in [-0.1, -0.05) is 0 Å². The highest BCUT2D eigenvalue weighted by Gasteiger charge is 2.09. The van der Waals surface area contributed by atoms with E-state index in [-0.39, 0.29) is 6.61 Å². The van der Waals surface area contributed by atoms with Gasteiger partial charge in [-0.25, -0.2) is 4.98 Å². The molecule has 12 heavy (non-hydrogen) atoms. The van der Waals surface area contributed by atoms with Gasteiger partial charge in [0.25, 0.3) is 0 Å². The molecule has 1 aliphatic heterocycles. The van der Waals surface area contributed by atoms with Crippen LogP contribution in [0.2, 0.25) is 0 Å². The number of hydrogen-bond acceptors (Lipinski definition) is 4. The molecule has 2 heterocycles. The van der Waals surface area contributed by atoms with Crippen molar-refractivity contribution in [3.8, 4) is 0 Å². The van der Waals surface area contributed by atoms with Gasteiger partial charge in [0.15, 0.2) is 0 Å². The third kappa shape index (κ3) is 1.16. The summed E-state index contributed by atoms with van der Waals surface area (Å²) in [6, 6.07) is 0. The van der Waals surface area contributed by atoms with Gasteiger partial charge < -0.3 is 9.52 Å². The predicted octanol–water partition coefficient (Wildman–Crippen LogP) is 0.765.